The van der Waals surface area contributed by atoms with Gasteiger partial charge in [0, 0.05) is 32.9 Å². The number of likely N-dealkylation sites (N-methyl/N-ethyl adjacent to an activating group) is 1. The Morgan fingerprint density at radius 3 is 2.63 bits per heavy atom. The molecule has 2 aliphatic rings. The SMILES string of the molecule is CCc1nc(SCCCN2CCc3cc4c(cc3CC2)N(C)C(=O)CO4)n(C)c1-c1ocnc1C. The molecule has 1 aromatic carbocycles. The van der Waals surface area contributed by atoms with Gasteiger partial charge >= 0.3 is 0 Å². The number of aryl methyl sites for hydroxylation is 2. The Morgan fingerprint density at radius 2 is 1.91 bits per heavy atom. The van der Waals surface area contributed by atoms with Crippen molar-refractivity contribution in [3.05, 3.63) is 41.0 Å². The van der Waals surface area contributed by atoms with Crippen LogP contribution in [0.15, 0.2) is 28.1 Å². The predicted molar refractivity (Wildman–Crippen MR) is 137 cm³/mol. The number of thioether (sulfide) groups is 1. The van der Waals surface area contributed by atoms with E-state index in [9.17, 15) is 4.79 Å². The standard InChI is InChI=1S/C26H33N5O3S/c1-5-20-24(25-17(2)27-16-34-25)30(4)26(28-20)35-12-6-9-31-10-7-18-13-21-22(14-19(18)8-11-31)33-15-23(32)29(21)3/h13-14,16H,5-12,15H2,1-4H3. The van der Waals surface area contributed by atoms with Gasteiger partial charge in [0.25, 0.3) is 5.91 Å². The van der Waals surface area contributed by atoms with Crippen LogP contribution in [0.1, 0.15) is 35.9 Å². The third-order valence-corrected chi connectivity index (χ3v) is 8.15. The molecule has 2 aliphatic heterocycles. The summed E-state index contributed by atoms with van der Waals surface area (Å²) in [6.45, 7) is 7.37. The number of benzene rings is 1. The average Bonchev–Trinajstić information content (AvgIpc) is 3.34. The van der Waals surface area contributed by atoms with E-state index in [0.29, 0.717) is 0 Å². The van der Waals surface area contributed by atoms with Gasteiger partial charge in [-0.2, -0.15) is 0 Å². The molecule has 1 amide bonds. The maximum atomic E-state index is 12.0. The first-order chi connectivity index (χ1) is 17.0. The van der Waals surface area contributed by atoms with Gasteiger partial charge in [0.15, 0.2) is 23.9 Å². The summed E-state index contributed by atoms with van der Waals surface area (Å²) in [5.74, 6) is 2.67. The molecule has 5 rings (SSSR count). The molecule has 0 N–H and O–H groups in total. The van der Waals surface area contributed by atoms with Crippen LogP contribution >= 0.6 is 11.8 Å². The van der Waals surface area contributed by atoms with Crippen LogP contribution in [0.5, 0.6) is 5.75 Å². The Balaban J connectivity index is 1.17. The number of nitrogens with zero attached hydrogens (tertiary/aromatic N) is 5. The molecule has 35 heavy (non-hydrogen) atoms. The fourth-order valence-electron chi connectivity index (χ4n) is 4.93. The number of anilines is 1. The van der Waals surface area contributed by atoms with Gasteiger partial charge in [-0.3, -0.25) is 4.79 Å². The Labute approximate surface area is 210 Å². The Bertz CT molecular complexity index is 1230. The van der Waals surface area contributed by atoms with Crippen LogP contribution in [0.3, 0.4) is 0 Å². The highest BCUT2D eigenvalue weighted by Crippen LogP contribution is 2.35. The van der Waals surface area contributed by atoms with E-state index in [1.54, 1.807) is 4.90 Å². The van der Waals surface area contributed by atoms with Crippen molar-refractivity contribution in [3.63, 3.8) is 0 Å². The topological polar surface area (TPSA) is 76.6 Å². The number of rotatable bonds is 7. The van der Waals surface area contributed by atoms with Crippen LogP contribution in [0.2, 0.25) is 0 Å². The number of ether oxygens (including phenoxy) is 1. The van der Waals surface area contributed by atoms with Gasteiger partial charge in [-0.05, 0) is 62.4 Å². The van der Waals surface area contributed by atoms with Crippen LogP contribution < -0.4 is 9.64 Å². The lowest BCUT2D eigenvalue weighted by molar-refractivity contribution is -0.120. The van der Waals surface area contributed by atoms with E-state index in [0.717, 1.165) is 90.5 Å². The molecule has 8 nitrogen and oxygen atoms in total. The number of hydrogen-bond acceptors (Lipinski definition) is 7. The number of imidazole rings is 1. The monoisotopic (exact) mass is 495 g/mol. The normalized spacial score (nSPS) is 16.1. The first-order valence-corrected chi connectivity index (χ1v) is 13.3. The first-order valence-electron chi connectivity index (χ1n) is 12.3. The van der Waals surface area contributed by atoms with Crippen molar-refractivity contribution in [3.8, 4) is 17.2 Å². The zero-order chi connectivity index (χ0) is 24.5. The number of hydrogen-bond donors (Lipinski definition) is 0. The lowest BCUT2D eigenvalue weighted by atomic mass is 10.0. The van der Waals surface area contributed by atoms with Gasteiger partial charge in [-0.15, -0.1) is 0 Å². The van der Waals surface area contributed by atoms with E-state index in [4.69, 9.17) is 14.1 Å². The number of aromatic nitrogens is 3. The highest BCUT2D eigenvalue weighted by atomic mass is 32.2. The maximum absolute atomic E-state index is 12.0. The van der Waals surface area contributed by atoms with Crippen LogP contribution in [0.4, 0.5) is 5.69 Å². The van der Waals surface area contributed by atoms with Gasteiger partial charge in [0.05, 0.1) is 17.1 Å². The predicted octanol–water partition coefficient (Wildman–Crippen LogP) is 3.88. The second kappa shape index (κ2) is 10.1. The van der Waals surface area contributed by atoms with Crippen molar-refractivity contribution < 1.29 is 13.9 Å². The molecule has 0 saturated carbocycles. The van der Waals surface area contributed by atoms with E-state index >= 15 is 0 Å². The molecular weight excluding hydrogens is 462 g/mol. The lowest BCUT2D eigenvalue weighted by Gasteiger charge is -2.27. The van der Waals surface area contributed by atoms with Crippen molar-refractivity contribution in [1.29, 1.82) is 0 Å². The van der Waals surface area contributed by atoms with Crippen molar-refractivity contribution >= 4 is 23.4 Å². The average molecular weight is 496 g/mol. The fourth-order valence-corrected chi connectivity index (χ4v) is 5.85. The molecule has 0 aliphatic carbocycles. The first kappa shape index (κ1) is 23.9. The fraction of sp³-hybridized carbons (Fsp3) is 0.500. The van der Waals surface area contributed by atoms with Gasteiger partial charge in [-0.25, -0.2) is 9.97 Å². The van der Waals surface area contributed by atoms with Crippen LogP contribution in [0.25, 0.3) is 11.5 Å². The molecule has 3 aromatic rings. The Hall–Kier alpha value is -2.78. The largest absolute Gasteiger partial charge is 0.482 e. The minimum absolute atomic E-state index is 0.00653. The Kier molecular flexibility index (Phi) is 6.88. The van der Waals surface area contributed by atoms with Crippen molar-refractivity contribution in [2.45, 2.75) is 44.7 Å². The molecular formula is C26H33N5O3S. The molecule has 4 heterocycles. The van der Waals surface area contributed by atoms with E-state index in [-0.39, 0.29) is 12.5 Å². The summed E-state index contributed by atoms with van der Waals surface area (Å²) in [6.07, 6.45) is 5.47. The molecule has 0 atom stereocenters. The lowest BCUT2D eigenvalue weighted by Crippen LogP contribution is -2.35. The molecule has 0 unspecified atom stereocenters. The summed E-state index contributed by atoms with van der Waals surface area (Å²) in [5, 5.41) is 1.03. The third-order valence-electron chi connectivity index (χ3n) is 7.03. The highest BCUT2D eigenvalue weighted by Gasteiger charge is 2.25. The molecule has 186 valence electrons. The van der Waals surface area contributed by atoms with Gasteiger partial charge < -0.3 is 23.5 Å². The molecule has 0 fully saturated rings. The van der Waals surface area contributed by atoms with Crippen molar-refractivity contribution in [2.24, 2.45) is 7.05 Å². The number of carbonyl (C=O) groups is 1. The number of amides is 1. The van der Waals surface area contributed by atoms with Crippen LogP contribution in [-0.4, -0.2) is 64.4 Å². The summed E-state index contributed by atoms with van der Waals surface area (Å²) in [4.78, 5) is 25.4. The van der Waals surface area contributed by atoms with Crippen molar-refractivity contribution in [1.82, 2.24) is 19.4 Å². The maximum Gasteiger partial charge on any atom is 0.264 e. The summed E-state index contributed by atoms with van der Waals surface area (Å²) in [7, 11) is 3.89. The van der Waals surface area contributed by atoms with E-state index < -0.39 is 0 Å². The smallest absolute Gasteiger partial charge is 0.264 e. The van der Waals surface area contributed by atoms with E-state index in [1.165, 1.54) is 17.5 Å². The quantitative estimate of drug-likeness (QED) is 0.364. The molecule has 0 bridgehead atoms. The molecule has 0 spiro atoms. The molecule has 9 heteroatoms. The summed E-state index contributed by atoms with van der Waals surface area (Å²) >= 11 is 1.81. The van der Waals surface area contributed by atoms with Crippen LogP contribution in [0, 0.1) is 6.92 Å². The number of carbonyl (C=O) groups excluding carboxylic acids is 1. The minimum Gasteiger partial charge on any atom is -0.482 e. The van der Waals surface area contributed by atoms with Gasteiger partial charge in [-0.1, -0.05) is 18.7 Å². The van der Waals surface area contributed by atoms with Crippen LogP contribution in [-0.2, 0) is 31.1 Å². The second-order valence-corrected chi connectivity index (χ2v) is 10.3. The Morgan fingerprint density at radius 1 is 1.14 bits per heavy atom. The van der Waals surface area contributed by atoms with Gasteiger partial charge in [0.2, 0.25) is 0 Å². The highest BCUT2D eigenvalue weighted by molar-refractivity contribution is 7.99. The number of fused-ring (bicyclic) bond motifs is 2. The van der Waals surface area contributed by atoms with Crippen molar-refractivity contribution in [2.75, 3.05) is 43.9 Å². The summed E-state index contributed by atoms with van der Waals surface area (Å²) in [6, 6.07) is 4.30. The molecule has 2 aromatic heterocycles. The summed E-state index contributed by atoms with van der Waals surface area (Å²) in [5.41, 5.74) is 6.56. The zero-order valence-electron chi connectivity index (χ0n) is 21.0. The second-order valence-electron chi connectivity index (χ2n) is 9.24. The molecule has 0 saturated heterocycles. The summed E-state index contributed by atoms with van der Waals surface area (Å²) < 4.78 is 13.5. The van der Waals surface area contributed by atoms with E-state index in [1.807, 2.05) is 25.7 Å². The minimum atomic E-state index is 0.00653. The zero-order valence-corrected chi connectivity index (χ0v) is 21.8. The third kappa shape index (κ3) is 4.71. The van der Waals surface area contributed by atoms with E-state index in [2.05, 4.69) is 40.6 Å². The molecule has 0 radical (unpaired) electrons. The number of oxazole rings is 1. The van der Waals surface area contributed by atoms with Gasteiger partial charge in [0.1, 0.15) is 11.4 Å².